The molecule has 0 spiro atoms. The number of fused-ring (bicyclic) bond motifs is 5. The molecule has 0 aromatic carbocycles. The molecule has 10 atom stereocenters. The summed E-state index contributed by atoms with van der Waals surface area (Å²) in [6.07, 6.45) is 20.6. The lowest BCUT2D eigenvalue weighted by Crippen LogP contribution is -2.55. The second-order valence-corrected chi connectivity index (χ2v) is 14.6. The molecule has 190 valence electrons. The molecule has 2 heteroatoms. The van der Waals surface area contributed by atoms with Gasteiger partial charge < -0.3 is 10.2 Å². The molecule has 0 aliphatic heterocycles. The summed E-state index contributed by atoms with van der Waals surface area (Å²) >= 11 is 0. The van der Waals surface area contributed by atoms with Crippen LogP contribution in [0.4, 0.5) is 0 Å². The van der Waals surface area contributed by atoms with Gasteiger partial charge in [0.05, 0.1) is 11.7 Å². The molecule has 0 unspecified atom stereocenters. The molecule has 2 nitrogen and oxygen atoms in total. The average molecular weight is 459 g/mol. The third kappa shape index (κ3) is 4.36. The van der Waals surface area contributed by atoms with Crippen molar-refractivity contribution in [3.63, 3.8) is 0 Å². The minimum atomic E-state index is -0.420. The van der Waals surface area contributed by atoms with Gasteiger partial charge in [0.15, 0.2) is 0 Å². The maximum absolute atomic E-state index is 10.9. The van der Waals surface area contributed by atoms with Gasteiger partial charge in [-0.05, 0) is 143 Å². The van der Waals surface area contributed by atoms with Crippen LogP contribution in [-0.2, 0) is 0 Å². The molecular weight excluding hydrogens is 404 g/mol. The van der Waals surface area contributed by atoms with Crippen LogP contribution >= 0.6 is 0 Å². The van der Waals surface area contributed by atoms with E-state index in [1.165, 1.54) is 83.5 Å². The zero-order valence-corrected chi connectivity index (χ0v) is 22.3. The van der Waals surface area contributed by atoms with Gasteiger partial charge in [-0.1, -0.05) is 40.0 Å². The summed E-state index contributed by atoms with van der Waals surface area (Å²) in [6, 6.07) is 0. The van der Waals surface area contributed by atoms with Crippen LogP contribution in [0, 0.1) is 52.3 Å². The zero-order valence-electron chi connectivity index (χ0n) is 22.3. The highest BCUT2D eigenvalue weighted by Gasteiger charge is 2.61. The normalized spacial score (nSPS) is 50.2. The van der Waals surface area contributed by atoms with Crippen molar-refractivity contribution in [1.29, 1.82) is 0 Å². The van der Waals surface area contributed by atoms with E-state index in [0.29, 0.717) is 16.7 Å². The Morgan fingerprint density at radius 3 is 2.24 bits per heavy atom. The van der Waals surface area contributed by atoms with Gasteiger partial charge in [-0.2, -0.15) is 0 Å². The van der Waals surface area contributed by atoms with Gasteiger partial charge in [0.1, 0.15) is 0 Å². The van der Waals surface area contributed by atoms with Crippen molar-refractivity contribution < 1.29 is 10.2 Å². The minimum Gasteiger partial charge on any atom is -0.393 e. The molecule has 5 rings (SSSR count). The Kier molecular flexibility index (Phi) is 6.78. The van der Waals surface area contributed by atoms with E-state index in [9.17, 15) is 10.2 Å². The number of rotatable bonds is 5. The van der Waals surface area contributed by atoms with E-state index in [4.69, 9.17) is 0 Å². The first-order valence-electron chi connectivity index (χ1n) is 15.0. The summed E-state index contributed by atoms with van der Waals surface area (Å²) in [4.78, 5) is 0. The van der Waals surface area contributed by atoms with Crippen LogP contribution in [0.15, 0.2) is 0 Å². The van der Waals surface area contributed by atoms with Crippen LogP contribution < -0.4 is 0 Å². The van der Waals surface area contributed by atoms with Gasteiger partial charge in [0, 0.05) is 0 Å². The first-order valence-corrected chi connectivity index (χ1v) is 15.0. The van der Waals surface area contributed by atoms with Crippen LogP contribution in [-0.4, -0.2) is 21.9 Å². The lowest BCUT2D eigenvalue weighted by atomic mass is 9.43. The second kappa shape index (κ2) is 9.10. The predicted molar refractivity (Wildman–Crippen MR) is 137 cm³/mol. The van der Waals surface area contributed by atoms with Gasteiger partial charge >= 0.3 is 0 Å². The van der Waals surface area contributed by atoms with Gasteiger partial charge in [0.25, 0.3) is 0 Å². The lowest BCUT2D eigenvalue weighted by molar-refractivity contribution is -0.148. The predicted octanol–water partition coefficient (Wildman–Crippen LogP) is 7.75. The molecule has 33 heavy (non-hydrogen) atoms. The molecule has 5 aliphatic carbocycles. The molecule has 0 radical (unpaired) electrons. The molecule has 0 saturated heterocycles. The second-order valence-electron chi connectivity index (χ2n) is 14.6. The highest BCUT2D eigenvalue weighted by molar-refractivity contribution is 5.10. The highest BCUT2D eigenvalue weighted by atomic mass is 16.3. The molecule has 0 amide bonds. The van der Waals surface area contributed by atoms with Crippen LogP contribution in [0.5, 0.6) is 0 Å². The Bertz CT molecular complexity index is 680. The maximum Gasteiger partial charge on any atom is 0.0622 e. The van der Waals surface area contributed by atoms with Gasteiger partial charge in [-0.3, -0.25) is 0 Å². The largest absolute Gasteiger partial charge is 0.393 e. The van der Waals surface area contributed by atoms with Crippen molar-refractivity contribution in [1.82, 2.24) is 0 Å². The smallest absolute Gasteiger partial charge is 0.0622 e. The highest BCUT2D eigenvalue weighted by Crippen LogP contribution is 2.68. The summed E-state index contributed by atoms with van der Waals surface area (Å²) in [5.74, 6) is 5.69. The first-order chi connectivity index (χ1) is 15.6. The molecule has 0 aromatic heterocycles. The number of aliphatic hydroxyl groups is 2. The van der Waals surface area contributed by atoms with Crippen molar-refractivity contribution in [2.45, 2.75) is 142 Å². The Balaban J connectivity index is 1.23. The Morgan fingerprint density at radius 1 is 0.758 bits per heavy atom. The van der Waals surface area contributed by atoms with Crippen molar-refractivity contribution in [2.75, 3.05) is 0 Å². The quantitative estimate of drug-likeness (QED) is 0.442. The Labute approximate surface area is 204 Å². The van der Waals surface area contributed by atoms with Gasteiger partial charge in [-0.15, -0.1) is 0 Å². The van der Waals surface area contributed by atoms with Gasteiger partial charge in [-0.25, -0.2) is 0 Å². The van der Waals surface area contributed by atoms with E-state index in [0.717, 1.165) is 54.8 Å². The molecule has 0 heterocycles. The van der Waals surface area contributed by atoms with Crippen molar-refractivity contribution in [3.8, 4) is 0 Å². The Hall–Kier alpha value is -0.0800. The van der Waals surface area contributed by atoms with E-state index in [1.54, 1.807) is 0 Å². The van der Waals surface area contributed by atoms with E-state index in [2.05, 4.69) is 27.7 Å². The number of hydrogen-bond acceptors (Lipinski definition) is 2. The molecule has 2 N–H and O–H groups in total. The molecule has 5 saturated carbocycles. The van der Waals surface area contributed by atoms with Crippen LogP contribution in [0.1, 0.15) is 130 Å². The van der Waals surface area contributed by atoms with Crippen LogP contribution in [0.2, 0.25) is 0 Å². The van der Waals surface area contributed by atoms with Crippen molar-refractivity contribution in [3.05, 3.63) is 0 Å². The van der Waals surface area contributed by atoms with Crippen molar-refractivity contribution >= 4 is 0 Å². The summed E-state index contributed by atoms with van der Waals surface area (Å²) in [6.45, 7) is 9.91. The average Bonchev–Trinajstić information content (AvgIpc) is 3.15. The van der Waals surface area contributed by atoms with Crippen molar-refractivity contribution in [2.24, 2.45) is 52.3 Å². The fraction of sp³-hybridized carbons (Fsp3) is 1.00. The molecular formula is C31H54O2. The first kappa shape index (κ1) is 24.6. The Morgan fingerprint density at radius 2 is 1.48 bits per heavy atom. The fourth-order valence-corrected chi connectivity index (χ4v) is 10.8. The SMILES string of the molecule is C[C@H](CC[C@H](O)C1CCCCC1)[C@H]1CC[C@H]2[C@@H]3CC[C@H]4C[C@@](C)(O)CC[C@]4(C)[C@H]3CC[C@]12C. The maximum atomic E-state index is 10.9. The van der Waals surface area contributed by atoms with Crippen LogP contribution in [0.25, 0.3) is 0 Å². The van der Waals surface area contributed by atoms with E-state index >= 15 is 0 Å². The topological polar surface area (TPSA) is 40.5 Å². The lowest BCUT2D eigenvalue weighted by Gasteiger charge is -2.62. The number of hydrogen-bond donors (Lipinski definition) is 2. The molecule has 0 bridgehead atoms. The summed E-state index contributed by atoms with van der Waals surface area (Å²) in [7, 11) is 0. The monoisotopic (exact) mass is 458 g/mol. The third-order valence-electron chi connectivity index (χ3n) is 12.8. The zero-order chi connectivity index (χ0) is 23.4. The summed E-state index contributed by atoms with van der Waals surface area (Å²) in [5, 5.41) is 21.6. The fourth-order valence-electron chi connectivity index (χ4n) is 10.8. The third-order valence-corrected chi connectivity index (χ3v) is 12.8. The van der Waals surface area contributed by atoms with Crippen LogP contribution in [0.3, 0.4) is 0 Å². The standard InChI is InChI=1S/C31H54O2/c1-21(10-15-28(32)22-8-6-5-7-9-22)25-13-14-26-24-12-11-23-20-29(2,33)18-19-30(23,3)27(24)16-17-31(25,26)4/h21-28,32-33H,5-20H2,1-4H3/t21-,23+,24+,25-,26+,27+,28+,29+,30+,31-/m1/s1. The van der Waals surface area contributed by atoms with Gasteiger partial charge in [0.2, 0.25) is 0 Å². The number of aliphatic hydroxyl groups excluding tert-OH is 1. The van der Waals surface area contributed by atoms with E-state index in [1.807, 2.05) is 0 Å². The molecule has 5 fully saturated rings. The minimum absolute atomic E-state index is 0.0489. The summed E-state index contributed by atoms with van der Waals surface area (Å²) < 4.78 is 0. The molecule has 0 aromatic rings. The summed E-state index contributed by atoms with van der Waals surface area (Å²) in [5.41, 5.74) is 0.580. The molecule has 5 aliphatic rings. The van der Waals surface area contributed by atoms with E-state index < -0.39 is 5.60 Å². The van der Waals surface area contributed by atoms with E-state index in [-0.39, 0.29) is 6.10 Å².